The lowest BCUT2D eigenvalue weighted by Gasteiger charge is -2.28. The highest BCUT2D eigenvalue weighted by molar-refractivity contribution is 5.75. The first kappa shape index (κ1) is 15.8. The zero-order valence-corrected chi connectivity index (χ0v) is 13.2. The van der Waals surface area contributed by atoms with E-state index in [9.17, 15) is 9.59 Å². The summed E-state index contributed by atoms with van der Waals surface area (Å²) in [5, 5.41) is 0. The number of allylic oxidation sites excluding steroid dienone is 2. The Balaban J connectivity index is 2.36. The van der Waals surface area contributed by atoms with Crippen LogP contribution in [0.1, 0.15) is 47.0 Å². The van der Waals surface area contributed by atoms with Gasteiger partial charge in [0.2, 0.25) is 0 Å². The first-order chi connectivity index (χ1) is 9.88. The molecule has 2 rings (SSSR count). The lowest BCUT2D eigenvalue weighted by molar-refractivity contribution is -0.150. The number of carbonyl (C=O) groups excluding carboxylic acids is 2. The van der Waals surface area contributed by atoms with Crippen molar-refractivity contribution in [2.75, 3.05) is 0 Å². The summed E-state index contributed by atoms with van der Waals surface area (Å²) in [6.07, 6.45) is 6.20. The first-order valence-electron chi connectivity index (χ1n) is 7.59. The van der Waals surface area contributed by atoms with Gasteiger partial charge in [-0.3, -0.25) is 9.59 Å². The number of rotatable bonds is 1. The molecule has 0 bridgehead atoms. The fourth-order valence-electron chi connectivity index (χ4n) is 3.22. The molecule has 116 valence electrons. The maximum absolute atomic E-state index is 11.9. The van der Waals surface area contributed by atoms with E-state index in [1.54, 1.807) is 0 Å². The molecule has 1 fully saturated rings. The molecule has 0 spiro atoms. The van der Waals surface area contributed by atoms with E-state index in [4.69, 9.17) is 9.47 Å². The van der Waals surface area contributed by atoms with Crippen molar-refractivity contribution in [3.05, 3.63) is 23.3 Å². The molecule has 4 nitrogen and oxygen atoms in total. The summed E-state index contributed by atoms with van der Waals surface area (Å²) in [6, 6.07) is 0. The summed E-state index contributed by atoms with van der Waals surface area (Å²) in [5.74, 6) is -0.878. The summed E-state index contributed by atoms with van der Waals surface area (Å²) >= 11 is 0. The molecular formula is C17H24O4. The molecule has 21 heavy (non-hydrogen) atoms. The lowest BCUT2D eigenvalue weighted by Crippen LogP contribution is -2.35. The van der Waals surface area contributed by atoms with Crippen LogP contribution in [0.3, 0.4) is 0 Å². The molecule has 4 heteroatoms. The van der Waals surface area contributed by atoms with Crippen LogP contribution >= 0.6 is 0 Å². The topological polar surface area (TPSA) is 52.6 Å². The maximum atomic E-state index is 11.9. The monoisotopic (exact) mass is 292 g/mol. The minimum Gasteiger partial charge on any atom is -0.462 e. The molecule has 0 aromatic heterocycles. The number of hydrogen-bond donors (Lipinski definition) is 0. The molecule has 0 saturated carbocycles. The van der Waals surface area contributed by atoms with Crippen LogP contribution in [0.5, 0.6) is 0 Å². The van der Waals surface area contributed by atoms with Crippen molar-refractivity contribution >= 4 is 11.9 Å². The second-order valence-corrected chi connectivity index (χ2v) is 6.22. The normalized spacial score (nSPS) is 38.4. The van der Waals surface area contributed by atoms with Gasteiger partial charge in [0.25, 0.3) is 0 Å². The van der Waals surface area contributed by atoms with Crippen LogP contribution in [0.25, 0.3) is 0 Å². The minimum absolute atomic E-state index is 0.113. The van der Waals surface area contributed by atoms with E-state index in [0.29, 0.717) is 6.42 Å². The summed E-state index contributed by atoms with van der Waals surface area (Å²) < 4.78 is 11.0. The lowest BCUT2D eigenvalue weighted by atomic mass is 9.82. The van der Waals surface area contributed by atoms with Gasteiger partial charge in [-0.15, -0.1) is 0 Å². The molecule has 0 aromatic carbocycles. The molecule has 1 saturated heterocycles. The third-order valence-electron chi connectivity index (χ3n) is 4.33. The summed E-state index contributed by atoms with van der Waals surface area (Å²) in [7, 11) is 0. The number of hydrogen-bond acceptors (Lipinski definition) is 4. The van der Waals surface area contributed by atoms with Gasteiger partial charge in [-0.2, -0.15) is 0 Å². The molecule has 0 unspecified atom stereocenters. The second kappa shape index (κ2) is 6.46. The average molecular weight is 292 g/mol. The van der Waals surface area contributed by atoms with Crippen LogP contribution in [0.4, 0.5) is 0 Å². The molecule has 1 aliphatic heterocycles. The standard InChI is InChI=1S/C17H24O4/c1-10-6-5-7-11(2)9-15-16(12(3)17(19)21-15)14(8-10)20-13(4)18/h6,9,12,14-16H,5,7-8H2,1-4H3/b10-6-,11-9+/t12-,14-,15+,16+/m0/s1. The van der Waals surface area contributed by atoms with Gasteiger partial charge in [-0.1, -0.05) is 24.1 Å². The van der Waals surface area contributed by atoms with Crippen LogP contribution in [0, 0.1) is 11.8 Å². The average Bonchev–Trinajstić information content (AvgIpc) is 2.62. The highest BCUT2D eigenvalue weighted by atomic mass is 16.6. The Hall–Kier alpha value is -1.58. The Morgan fingerprint density at radius 2 is 2.05 bits per heavy atom. The van der Waals surface area contributed by atoms with Gasteiger partial charge in [0.1, 0.15) is 12.2 Å². The number of ether oxygens (including phenoxy) is 2. The van der Waals surface area contributed by atoms with Crippen LogP contribution < -0.4 is 0 Å². The van der Waals surface area contributed by atoms with Gasteiger partial charge < -0.3 is 9.47 Å². The largest absolute Gasteiger partial charge is 0.462 e. The fourth-order valence-corrected chi connectivity index (χ4v) is 3.22. The zero-order valence-electron chi connectivity index (χ0n) is 13.2. The van der Waals surface area contributed by atoms with Crippen LogP contribution in [0.15, 0.2) is 23.3 Å². The summed E-state index contributed by atoms with van der Waals surface area (Å²) in [4.78, 5) is 23.4. The predicted octanol–water partition coefficient (Wildman–Crippen LogP) is 3.17. The Labute approximate surface area is 126 Å². The third kappa shape index (κ3) is 3.74. The van der Waals surface area contributed by atoms with Crippen molar-refractivity contribution in [2.45, 2.75) is 59.2 Å². The maximum Gasteiger partial charge on any atom is 0.309 e. The van der Waals surface area contributed by atoms with E-state index in [1.807, 2.05) is 13.0 Å². The van der Waals surface area contributed by atoms with E-state index in [1.165, 1.54) is 18.1 Å². The summed E-state index contributed by atoms with van der Waals surface area (Å²) in [6.45, 7) is 7.38. The third-order valence-corrected chi connectivity index (χ3v) is 4.33. The van der Waals surface area contributed by atoms with Crippen molar-refractivity contribution in [2.24, 2.45) is 11.8 Å². The Bertz CT molecular complexity index is 489. The van der Waals surface area contributed by atoms with E-state index in [-0.39, 0.29) is 36.0 Å². The first-order valence-corrected chi connectivity index (χ1v) is 7.59. The molecule has 0 amide bonds. The van der Waals surface area contributed by atoms with Crippen molar-refractivity contribution < 1.29 is 19.1 Å². The Morgan fingerprint density at radius 3 is 2.71 bits per heavy atom. The van der Waals surface area contributed by atoms with E-state index >= 15 is 0 Å². The molecule has 0 radical (unpaired) electrons. The van der Waals surface area contributed by atoms with Crippen molar-refractivity contribution in [3.8, 4) is 0 Å². The molecule has 4 atom stereocenters. The number of esters is 2. The molecule has 0 N–H and O–H groups in total. The molecule has 1 heterocycles. The highest BCUT2D eigenvalue weighted by Gasteiger charge is 2.46. The van der Waals surface area contributed by atoms with Gasteiger partial charge in [0.15, 0.2) is 0 Å². The van der Waals surface area contributed by atoms with Gasteiger partial charge in [0, 0.05) is 13.3 Å². The van der Waals surface area contributed by atoms with Gasteiger partial charge >= 0.3 is 11.9 Å². The van der Waals surface area contributed by atoms with Crippen molar-refractivity contribution in [3.63, 3.8) is 0 Å². The van der Waals surface area contributed by atoms with Gasteiger partial charge in [0.05, 0.1) is 11.8 Å². The smallest absolute Gasteiger partial charge is 0.309 e. The Morgan fingerprint density at radius 1 is 1.33 bits per heavy atom. The van der Waals surface area contributed by atoms with Gasteiger partial charge in [-0.05, 0) is 32.8 Å². The van der Waals surface area contributed by atoms with Crippen LogP contribution in [-0.2, 0) is 19.1 Å². The number of carbonyl (C=O) groups is 2. The Kier molecular flexibility index (Phi) is 4.86. The number of fused-ring (bicyclic) bond motifs is 1. The molecule has 2 aliphatic rings. The van der Waals surface area contributed by atoms with Crippen molar-refractivity contribution in [1.29, 1.82) is 0 Å². The fraction of sp³-hybridized carbons (Fsp3) is 0.647. The predicted molar refractivity (Wildman–Crippen MR) is 79.5 cm³/mol. The quantitative estimate of drug-likeness (QED) is 0.550. The van der Waals surface area contributed by atoms with Crippen LogP contribution in [-0.4, -0.2) is 24.1 Å². The summed E-state index contributed by atoms with van der Waals surface area (Å²) in [5.41, 5.74) is 2.40. The van der Waals surface area contributed by atoms with E-state index in [2.05, 4.69) is 19.9 Å². The zero-order chi connectivity index (χ0) is 15.6. The second-order valence-electron chi connectivity index (χ2n) is 6.22. The van der Waals surface area contributed by atoms with E-state index in [0.717, 1.165) is 12.8 Å². The van der Waals surface area contributed by atoms with Gasteiger partial charge in [-0.25, -0.2) is 0 Å². The van der Waals surface area contributed by atoms with E-state index < -0.39 is 0 Å². The van der Waals surface area contributed by atoms with Crippen LogP contribution in [0.2, 0.25) is 0 Å². The van der Waals surface area contributed by atoms with Crippen molar-refractivity contribution in [1.82, 2.24) is 0 Å². The minimum atomic E-state index is -0.313. The molecule has 1 aliphatic carbocycles. The molecular weight excluding hydrogens is 268 g/mol. The highest BCUT2D eigenvalue weighted by Crippen LogP contribution is 2.37. The SMILES string of the molecule is CC(=O)O[C@H]1C/C(C)=C\CC/C(C)=C/[C@H]2OC(=O)[C@@H](C)[C@H]12. The molecule has 0 aromatic rings.